The predicted octanol–water partition coefficient (Wildman–Crippen LogP) is 5.85. The summed E-state index contributed by atoms with van der Waals surface area (Å²) < 4.78 is 72.7. The highest BCUT2D eigenvalue weighted by Gasteiger charge is 2.37. The average Bonchev–Trinajstić information content (AvgIpc) is 2.81. The fourth-order valence-electron chi connectivity index (χ4n) is 3.34. The van der Waals surface area contributed by atoms with E-state index in [1.165, 1.54) is 12.1 Å². The van der Waals surface area contributed by atoms with Crippen LogP contribution in [-0.4, -0.2) is 37.3 Å². The number of nitro benzene ring substituents is 1. The Morgan fingerprint density at radius 1 is 1.16 bits per heavy atom. The minimum atomic E-state index is -4.96. The SMILES string of the molecule is COCN(c1cc(Cl)cnc1C(O)c1c(Cl)cccc1[N+](=O)[O-])S(=O)(=O)c1ccc(Cl)c(C(F)(F)F)c1. The quantitative estimate of drug-likeness (QED) is 0.195. The first-order valence-electron chi connectivity index (χ1n) is 9.84. The van der Waals surface area contributed by atoms with Crippen molar-refractivity contribution in [3.8, 4) is 0 Å². The number of halogens is 6. The molecule has 16 heteroatoms. The second-order valence-corrected chi connectivity index (χ2v) is 10.4. The number of alkyl halides is 3. The maximum atomic E-state index is 13.5. The van der Waals surface area contributed by atoms with E-state index in [9.17, 15) is 36.8 Å². The third-order valence-corrected chi connectivity index (χ3v) is 7.57. The van der Waals surface area contributed by atoms with Crippen LogP contribution in [0.4, 0.5) is 24.5 Å². The molecule has 37 heavy (non-hydrogen) atoms. The molecule has 2 aromatic carbocycles. The number of aliphatic hydroxyl groups excluding tert-OH is 1. The van der Waals surface area contributed by atoms with Crippen molar-refractivity contribution in [2.24, 2.45) is 0 Å². The molecule has 0 saturated carbocycles. The Morgan fingerprint density at radius 3 is 2.43 bits per heavy atom. The van der Waals surface area contributed by atoms with Crippen molar-refractivity contribution in [2.45, 2.75) is 17.2 Å². The lowest BCUT2D eigenvalue weighted by Crippen LogP contribution is -2.34. The van der Waals surface area contributed by atoms with Gasteiger partial charge < -0.3 is 9.84 Å². The van der Waals surface area contributed by atoms with Crippen molar-refractivity contribution in [1.82, 2.24) is 4.98 Å². The van der Waals surface area contributed by atoms with Crippen molar-refractivity contribution in [3.63, 3.8) is 0 Å². The molecule has 0 bridgehead atoms. The van der Waals surface area contributed by atoms with Gasteiger partial charge in [-0.1, -0.05) is 40.9 Å². The van der Waals surface area contributed by atoms with Gasteiger partial charge in [0.15, 0.2) is 0 Å². The second kappa shape index (κ2) is 11.0. The molecule has 0 aliphatic rings. The molecule has 0 amide bonds. The summed E-state index contributed by atoms with van der Waals surface area (Å²) in [5, 5.41) is 21.6. The molecule has 0 aliphatic carbocycles. The number of benzene rings is 2. The van der Waals surface area contributed by atoms with Gasteiger partial charge in [-0.25, -0.2) is 12.7 Å². The second-order valence-electron chi connectivity index (χ2n) is 7.30. The largest absolute Gasteiger partial charge is 0.417 e. The molecule has 1 N–H and O–H groups in total. The van der Waals surface area contributed by atoms with E-state index in [2.05, 4.69) is 4.98 Å². The van der Waals surface area contributed by atoms with Crippen LogP contribution < -0.4 is 4.31 Å². The number of hydrogen-bond acceptors (Lipinski definition) is 7. The van der Waals surface area contributed by atoms with Crippen LogP contribution in [0.3, 0.4) is 0 Å². The highest BCUT2D eigenvalue weighted by atomic mass is 35.5. The molecule has 3 aromatic rings. The van der Waals surface area contributed by atoms with Crippen molar-refractivity contribution < 1.29 is 36.4 Å². The molecule has 1 heterocycles. The molecule has 198 valence electrons. The maximum Gasteiger partial charge on any atom is 0.417 e. The summed E-state index contributed by atoms with van der Waals surface area (Å²) in [5.74, 6) is 0. The summed E-state index contributed by atoms with van der Waals surface area (Å²) in [7, 11) is -3.72. The summed E-state index contributed by atoms with van der Waals surface area (Å²) in [6.45, 7) is -0.765. The van der Waals surface area contributed by atoms with E-state index in [-0.39, 0.29) is 10.0 Å². The Labute approximate surface area is 223 Å². The van der Waals surface area contributed by atoms with E-state index in [4.69, 9.17) is 39.5 Å². The third kappa shape index (κ3) is 5.92. The Hall–Kier alpha value is -2.68. The van der Waals surface area contributed by atoms with Gasteiger partial charge in [-0.3, -0.25) is 15.1 Å². The minimum Gasteiger partial charge on any atom is -0.382 e. The van der Waals surface area contributed by atoms with Gasteiger partial charge in [0.05, 0.1) is 47.4 Å². The lowest BCUT2D eigenvalue weighted by atomic mass is 10.0. The van der Waals surface area contributed by atoms with Crippen LogP contribution in [0.25, 0.3) is 0 Å². The maximum absolute atomic E-state index is 13.5. The number of sulfonamides is 1. The average molecular weight is 601 g/mol. The van der Waals surface area contributed by atoms with E-state index >= 15 is 0 Å². The first-order chi connectivity index (χ1) is 17.2. The van der Waals surface area contributed by atoms with Crippen LogP contribution in [-0.2, 0) is 20.9 Å². The molecule has 1 atom stereocenters. The van der Waals surface area contributed by atoms with Gasteiger partial charge in [-0.05, 0) is 30.3 Å². The standard InChI is InChI=1S/C21H15Cl3F3N3O6S/c1-36-10-29(37(34,35)12-5-6-14(23)13(8-12)21(25,26)27)17-7-11(22)9-28-19(17)20(31)18-15(24)3-2-4-16(18)30(32)33/h2-9,20,31H,10H2,1H3. The molecular weight excluding hydrogens is 586 g/mol. The van der Waals surface area contributed by atoms with Gasteiger partial charge >= 0.3 is 6.18 Å². The number of ether oxygens (including phenoxy) is 1. The summed E-state index contributed by atoms with van der Waals surface area (Å²) in [6, 6.07) is 6.60. The van der Waals surface area contributed by atoms with Gasteiger partial charge in [-0.15, -0.1) is 0 Å². The minimum absolute atomic E-state index is 0.122. The van der Waals surface area contributed by atoms with E-state index < -0.39 is 72.1 Å². The molecule has 0 spiro atoms. The first kappa shape index (κ1) is 28.9. The van der Waals surface area contributed by atoms with Crippen LogP contribution in [0.5, 0.6) is 0 Å². The van der Waals surface area contributed by atoms with Gasteiger partial charge in [0.1, 0.15) is 12.8 Å². The Morgan fingerprint density at radius 2 is 1.84 bits per heavy atom. The van der Waals surface area contributed by atoms with Crippen LogP contribution in [0, 0.1) is 10.1 Å². The predicted molar refractivity (Wildman–Crippen MR) is 129 cm³/mol. The number of aliphatic hydroxyl groups is 1. The highest BCUT2D eigenvalue weighted by Crippen LogP contribution is 2.41. The zero-order valence-corrected chi connectivity index (χ0v) is 21.5. The van der Waals surface area contributed by atoms with Crippen molar-refractivity contribution in [1.29, 1.82) is 0 Å². The van der Waals surface area contributed by atoms with Crippen LogP contribution >= 0.6 is 34.8 Å². The normalized spacial score (nSPS) is 12.9. The first-order valence-corrected chi connectivity index (χ1v) is 12.4. The fourth-order valence-corrected chi connectivity index (χ4v) is 5.40. The van der Waals surface area contributed by atoms with Gasteiger partial charge in [0.25, 0.3) is 15.7 Å². The lowest BCUT2D eigenvalue weighted by Gasteiger charge is -2.27. The zero-order chi connectivity index (χ0) is 27.7. The molecule has 1 unspecified atom stereocenters. The van der Waals surface area contributed by atoms with Gasteiger partial charge in [-0.2, -0.15) is 13.2 Å². The molecule has 0 saturated heterocycles. The summed E-state index contributed by atoms with van der Waals surface area (Å²) in [4.78, 5) is 13.9. The fraction of sp³-hybridized carbons (Fsp3) is 0.190. The van der Waals surface area contributed by atoms with Crippen molar-refractivity contribution >= 4 is 56.2 Å². The number of pyridine rings is 1. The highest BCUT2D eigenvalue weighted by molar-refractivity contribution is 7.92. The van der Waals surface area contributed by atoms with Crippen molar-refractivity contribution in [2.75, 3.05) is 18.1 Å². The monoisotopic (exact) mass is 599 g/mol. The van der Waals surface area contributed by atoms with Gasteiger partial charge in [0.2, 0.25) is 0 Å². The summed E-state index contributed by atoms with van der Waals surface area (Å²) in [5.41, 5.74) is -3.27. The van der Waals surface area contributed by atoms with Crippen molar-refractivity contribution in [3.05, 3.63) is 90.7 Å². The lowest BCUT2D eigenvalue weighted by molar-refractivity contribution is -0.386. The number of hydrogen-bond donors (Lipinski definition) is 1. The van der Waals surface area contributed by atoms with Gasteiger partial charge in [0, 0.05) is 19.4 Å². The van der Waals surface area contributed by atoms with Crippen LogP contribution in [0.2, 0.25) is 15.1 Å². The molecule has 9 nitrogen and oxygen atoms in total. The third-order valence-electron chi connectivity index (χ3n) is 4.97. The summed E-state index contributed by atoms with van der Waals surface area (Å²) >= 11 is 17.7. The molecule has 0 fully saturated rings. The van der Waals surface area contributed by atoms with Crippen LogP contribution in [0.15, 0.2) is 53.6 Å². The summed E-state index contributed by atoms with van der Waals surface area (Å²) in [6.07, 6.45) is -5.88. The number of methoxy groups -OCH3 is 1. The zero-order valence-electron chi connectivity index (χ0n) is 18.4. The van der Waals surface area contributed by atoms with Crippen LogP contribution in [0.1, 0.15) is 22.9 Å². The number of aromatic nitrogens is 1. The number of nitro groups is 1. The molecule has 0 aliphatic heterocycles. The number of rotatable bonds is 8. The molecular formula is C21H15Cl3F3N3O6S. The smallest absolute Gasteiger partial charge is 0.382 e. The Bertz CT molecular complexity index is 1460. The van der Waals surface area contributed by atoms with E-state index in [1.807, 2.05) is 0 Å². The number of nitrogens with zero attached hydrogens (tertiary/aromatic N) is 3. The molecule has 1 aromatic heterocycles. The Balaban J connectivity index is 2.26. The van der Waals surface area contributed by atoms with E-state index in [1.54, 1.807) is 0 Å². The van der Waals surface area contributed by atoms with E-state index in [0.29, 0.717) is 10.4 Å². The Kier molecular flexibility index (Phi) is 8.57. The topological polar surface area (TPSA) is 123 Å². The number of anilines is 1. The molecule has 0 radical (unpaired) electrons. The molecule has 3 rings (SSSR count). The van der Waals surface area contributed by atoms with E-state index in [0.717, 1.165) is 37.6 Å².